The highest BCUT2D eigenvalue weighted by atomic mass is 15.2. The number of hydrogen-bond donors (Lipinski definition) is 2. The number of nitrogens with one attached hydrogen (secondary N) is 2. The van der Waals surface area contributed by atoms with Gasteiger partial charge in [0, 0.05) is 19.6 Å². The monoisotopic (exact) mass is 251 g/mol. The fourth-order valence-electron chi connectivity index (χ4n) is 2.90. The van der Waals surface area contributed by atoms with Gasteiger partial charge in [-0.2, -0.15) is 0 Å². The van der Waals surface area contributed by atoms with E-state index in [4.69, 9.17) is 4.99 Å². The Hall–Kier alpha value is -0.730. The van der Waals surface area contributed by atoms with Crippen LogP contribution in [0.4, 0.5) is 0 Å². The first-order valence-electron chi connectivity index (χ1n) is 7.80. The topological polar surface area (TPSA) is 36.4 Å². The third kappa shape index (κ3) is 3.89. The molecule has 2 saturated carbocycles. The Balaban J connectivity index is 1.84. The molecule has 2 aliphatic carbocycles. The molecule has 0 aliphatic heterocycles. The van der Waals surface area contributed by atoms with Crippen molar-refractivity contribution in [2.45, 2.75) is 58.8 Å². The Morgan fingerprint density at radius 3 is 2.44 bits per heavy atom. The van der Waals surface area contributed by atoms with Gasteiger partial charge in [-0.1, -0.05) is 19.8 Å². The molecule has 2 fully saturated rings. The third-order valence-electron chi connectivity index (χ3n) is 4.59. The highest BCUT2D eigenvalue weighted by molar-refractivity contribution is 5.79. The second-order valence-electron chi connectivity index (χ2n) is 6.08. The van der Waals surface area contributed by atoms with Crippen molar-refractivity contribution in [3.63, 3.8) is 0 Å². The molecule has 0 unspecified atom stereocenters. The zero-order chi connectivity index (χ0) is 12.8. The lowest BCUT2D eigenvalue weighted by Crippen LogP contribution is -2.39. The predicted molar refractivity (Wildman–Crippen MR) is 77.9 cm³/mol. The van der Waals surface area contributed by atoms with Gasteiger partial charge in [-0.15, -0.1) is 0 Å². The normalized spacial score (nSPS) is 23.1. The van der Waals surface area contributed by atoms with E-state index in [1.807, 2.05) is 0 Å². The summed E-state index contributed by atoms with van der Waals surface area (Å²) in [6.45, 7) is 7.52. The zero-order valence-electron chi connectivity index (χ0n) is 12.1. The van der Waals surface area contributed by atoms with Gasteiger partial charge in [-0.3, -0.25) is 4.99 Å². The van der Waals surface area contributed by atoms with Crippen molar-refractivity contribution < 1.29 is 0 Å². The molecule has 2 aliphatic rings. The van der Waals surface area contributed by atoms with E-state index in [1.165, 1.54) is 44.9 Å². The second kappa shape index (κ2) is 6.44. The quantitative estimate of drug-likeness (QED) is 0.562. The number of rotatable bonds is 6. The highest BCUT2D eigenvalue weighted by Crippen LogP contribution is 2.41. The number of guanidine groups is 1. The molecule has 2 rings (SSSR count). The van der Waals surface area contributed by atoms with Gasteiger partial charge >= 0.3 is 0 Å². The molecule has 3 heteroatoms. The van der Waals surface area contributed by atoms with Gasteiger partial charge in [-0.05, 0) is 50.4 Å². The SMILES string of the molecule is CCNC(=NCC1(CC)CCCC1)NCC1CC1. The molecule has 0 amide bonds. The summed E-state index contributed by atoms with van der Waals surface area (Å²) >= 11 is 0. The van der Waals surface area contributed by atoms with Crippen molar-refractivity contribution in [1.82, 2.24) is 10.6 Å². The first-order valence-corrected chi connectivity index (χ1v) is 7.80. The molecule has 0 heterocycles. The molecule has 2 N–H and O–H groups in total. The van der Waals surface area contributed by atoms with Crippen LogP contribution in [0.1, 0.15) is 58.8 Å². The number of hydrogen-bond acceptors (Lipinski definition) is 1. The summed E-state index contributed by atoms with van der Waals surface area (Å²) in [4.78, 5) is 4.83. The zero-order valence-corrected chi connectivity index (χ0v) is 12.1. The van der Waals surface area contributed by atoms with Crippen molar-refractivity contribution in [1.29, 1.82) is 0 Å². The molecule has 0 saturated heterocycles. The van der Waals surface area contributed by atoms with Crippen molar-refractivity contribution >= 4 is 5.96 Å². The molecule has 18 heavy (non-hydrogen) atoms. The highest BCUT2D eigenvalue weighted by Gasteiger charge is 2.31. The van der Waals surface area contributed by atoms with Crippen molar-refractivity contribution in [3.8, 4) is 0 Å². The molecule has 0 radical (unpaired) electrons. The van der Waals surface area contributed by atoms with E-state index in [0.29, 0.717) is 5.41 Å². The standard InChI is InChI=1S/C15H29N3/c1-3-15(9-5-6-10-15)12-18-14(16-4-2)17-11-13-7-8-13/h13H,3-12H2,1-2H3,(H2,16,17,18). The van der Waals surface area contributed by atoms with E-state index >= 15 is 0 Å². The largest absolute Gasteiger partial charge is 0.357 e. The average Bonchev–Trinajstić information content (AvgIpc) is 3.10. The Kier molecular flexibility index (Phi) is 4.90. The molecule has 0 bridgehead atoms. The number of nitrogens with zero attached hydrogens (tertiary/aromatic N) is 1. The van der Waals surface area contributed by atoms with Crippen LogP contribution in [0.3, 0.4) is 0 Å². The molecular weight excluding hydrogens is 222 g/mol. The summed E-state index contributed by atoms with van der Waals surface area (Å²) < 4.78 is 0. The Morgan fingerprint density at radius 1 is 1.17 bits per heavy atom. The maximum absolute atomic E-state index is 4.83. The Labute approximate surface area is 112 Å². The van der Waals surface area contributed by atoms with Crippen LogP contribution in [-0.4, -0.2) is 25.6 Å². The lowest BCUT2D eigenvalue weighted by atomic mass is 9.84. The summed E-state index contributed by atoms with van der Waals surface area (Å²) in [5.74, 6) is 1.93. The van der Waals surface area contributed by atoms with E-state index in [9.17, 15) is 0 Å². The van der Waals surface area contributed by atoms with Crippen LogP contribution in [0.2, 0.25) is 0 Å². The van der Waals surface area contributed by atoms with Gasteiger partial charge in [0.15, 0.2) is 5.96 Å². The maximum Gasteiger partial charge on any atom is 0.191 e. The van der Waals surface area contributed by atoms with Crippen LogP contribution >= 0.6 is 0 Å². The minimum absolute atomic E-state index is 0.502. The number of aliphatic imine (C=N–C) groups is 1. The summed E-state index contributed by atoms with van der Waals surface area (Å²) in [6.07, 6.45) is 9.60. The first-order chi connectivity index (χ1) is 8.78. The fraction of sp³-hybridized carbons (Fsp3) is 0.933. The van der Waals surface area contributed by atoms with Gasteiger partial charge in [0.05, 0.1) is 0 Å². The Bertz CT molecular complexity index is 275. The first kappa shape index (κ1) is 13.7. The molecule has 0 atom stereocenters. The summed E-state index contributed by atoms with van der Waals surface area (Å²) in [7, 11) is 0. The van der Waals surface area contributed by atoms with E-state index < -0.39 is 0 Å². The molecular formula is C15H29N3. The summed E-state index contributed by atoms with van der Waals surface area (Å²) in [5, 5.41) is 6.86. The predicted octanol–water partition coefficient (Wildman–Crippen LogP) is 2.92. The van der Waals surface area contributed by atoms with Crippen LogP contribution in [0, 0.1) is 11.3 Å². The van der Waals surface area contributed by atoms with Crippen LogP contribution in [-0.2, 0) is 0 Å². The summed E-state index contributed by atoms with van der Waals surface area (Å²) in [5.41, 5.74) is 0.502. The van der Waals surface area contributed by atoms with Gasteiger partial charge in [0.25, 0.3) is 0 Å². The average molecular weight is 251 g/mol. The summed E-state index contributed by atoms with van der Waals surface area (Å²) in [6, 6.07) is 0. The van der Waals surface area contributed by atoms with Crippen molar-refractivity contribution in [3.05, 3.63) is 0 Å². The van der Waals surface area contributed by atoms with E-state index in [0.717, 1.165) is 31.5 Å². The van der Waals surface area contributed by atoms with Crippen LogP contribution in [0.25, 0.3) is 0 Å². The molecule has 3 nitrogen and oxygen atoms in total. The smallest absolute Gasteiger partial charge is 0.191 e. The molecule has 0 spiro atoms. The van der Waals surface area contributed by atoms with Crippen LogP contribution in [0.5, 0.6) is 0 Å². The lowest BCUT2D eigenvalue weighted by molar-refractivity contribution is 0.297. The van der Waals surface area contributed by atoms with Gasteiger partial charge in [0.1, 0.15) is 0 Å². The molecule has 104 valence electrons. The molecule has 0 aromatic carbocycles. The minimum Gasteiger partial charge on any atom is -0.357 e. The molecule has 0 aromatic heterocycles. The van der Waals surface area contributed by atoms with Gasteiger partial charge in [-0.25, -0.2) is 0 Å². The van der Waals surface area contributed by atoms with E-state index in [1.54, 1.807) is 0 Å². The van der Waals surface area contributed by atoms with Gasteiger partial charge in [0.2, 0.25) is 0 Å². The molecule has 0 aromatic rings. The van der Waals surface area contributed by atoms with Crippen LogP contribution in [0.15, 0.2) is 4.99 Å². The van der Waals surface area contributed by atoms with Crippen molar-refractivity contribution in [2.24, 2.45) is 16.3 Å². The third-order valence-corrected chi connectivity index (χ3v) is 4.59. The fourth-order valence-corrected chi connectivity index (χ4v) is 2.90. The maximum atomic E-state index is 4.83. The van der Waals surface area contributed by atoms with Crippen molar-refractivity contribution in [2.75, 3.05) is 19.6 Å². The van der Waals surface area contributed by atoms with E-state index in [2.05, 4.69) is 24.5 Å². The lowest BCUT2D eigenvalue weighted by Gasteiger charge is -2.25. The Morgan fingerprint density at radius 2 is 1.89 bits per heavy atom. The minimum atomic E-state index is 0.502. The van der Waals surface area contributed by atoms with Crippen LogP contribution < -0.4 is 10.6 Å². The van der Waals surface area contributed by atoms with Gasteiger partial charge < -0.3 is 10.6 Å². The second-order valence-corrected chi connectivity index (χ2v) is 6.08. The van der Waals surface area contributed by atoms with E-state index in [-0.39, 0.29) is 0 Å².